The minimum absolute atomic E-state index is 0.378. The number of carboxylic acids is 1. The van der Waals surface area contributed by atoms with Crippen LogP contribution in [0, 0.1) is 5.41 Å². The molecular formula is C14H24N2O4. The zero-order chi connectivity index (χ0) is 14.6. The average molecular weight is 284 g/mol. The quantitative estimate of drug-likeness (QED) is 0.726. The number of carbonyl (C=O) groups is 2. The summed E-state index contributed by atoms with van der Waals surface area (Å²) >= 11 is 0. The summed E-state index contributed by atoms with van der Waals surface area (Å²) in [4.78, 5) is 24.5. The fourth-order valence-corrected chi connectivity index (χ4v) is 3.41. The van der Waals surface area contributed by atoms with Gasteiger partial charge < -0.3 is 20.4 Å². The van der Waals surface area contributed by atoms with Gasteiger partial charge in [-0.2, -0.15) is 0 Å². The minimum atomic E-state index is -1.21. The highest BCUT2D eigenvalue weighted by molar-refractivity contribution is 5.82. The first kappa shape index (κ1) is 15.1. The smallest absolute Gasteiger partial charge is 0.328 e. The number of nitrogens with one attached hydrogen (secondary N) is 1. The van der Waals surface area contributed by atoms with Gasteiger partial charge in [-0.05, 0) is 31.1 Å². The molecule has 1 spiro atoms. The number of amides is 2. The Morgan fingerprint density at radius 3 is 2.20 bits per heavy atom. The molecule has 2 rings (SSSR count). The second kappa shape index (κ2) is 6.43. The number of aliphatic hydroxyl groups is 1. The molecule has 3 N–H and O–H groups in total. The summed E-state index contributed by atoms with van der Waals surface area (Å²) < 4.78 is 0. The van der Waals surface area contributed by atoms with Crippen LogP contribution in [0.3, 0.4) is 0 Å². The molecule has 1 aliphatic carbocycles. The van der Waals surface area contributed by atoms with E-state index >= 15 is 0 Å². The van der Waals surface area contributed by atoms with Crippen LogP contribution in [0.25, 0.3) is 0 Å². The topological polar surface area (TPSA) is 89.9 Å². The maximum atomic E-state index is 12.0. The molecule has 2 aliphatic rings. The zero-order valence-corrected chi connectivity index (χ0v) is 11.8. The predicted octanol–water partition coefficient (Wildman–Crippen LogP) is 1.19. The van der Waals surface area contributed by atoms with Gasteiger partial charge in [0.05, 0.1) is 6.61 Å². The minimum Gasteiger partial charge on any atom is -0.480 e. The van der Waals surface area contributed by atoms with Crippen molar-refractivity contribution in [3.05, 3.63) is 0 Å². The standard InChI is InChI=1S/C14H24N2O4/c17-10-11(12(18)19)15-13(20)16-8-6-14(7-9-16)4-2-1-3-5-14/h11,17H,1-10H2,(H,15,20)(H,18,19). The largest absolute Gasteiger partial charge is 0.480 e. The molecular weight excluding hydrogens is 260 g/mol. The van der Waals surface area contributed by atoms with Crippen molar-refractivity contribution in [2.45, 2.75) is 51.0 Å². The number of carboxylic acid groups (broad SMARTS) is 1. The molecule has 20 heavy (non-hydrogen) atoms. The van der Waals surface area contributed by atoms with Gasteiger partial charge in [0.15, 0.2) is 6.04 Å². The monoisotopic (exact) mass is 284 g/mol. The fraction of sp³-hybridized carbons (Fsp3) is 0.857. The van der Waals surface area contributed by atoms with E-state index in [9.17, 15) is 9.59 Å². The van der Waals surface area contributed by atoms with E-state index in [0.29, 0.717) is 18.5 Å². The third kappa shape index (κ3) is 3.42. The Labute approximate surface area is 119 Å². The Morgan fingerprint density at radius 1 is 1.10 bits per heavy atom. The van der Waals surface area contributed by atoms with E-state index in [1.165, 1.54) is 32.1 Å². The highest BCUT2D eigenvalue weighted by Gasteiger charge is 2.37. The number of hydrogen-bond acceptors (Lipinski definition) is 3. The maximum absolute atomic E-state index is 12.0. The molecule has 1 heterocycles. The molecule has 6 nitrogen and oxygen atoms in total. The van der Waals surface area contributed by atoms with Crippen molar-refractivity contribution in [3.8, 4) is 0 Å². The number of urea groups is 1. The maximum Gasteiger partial charge on any atom is 0.328 e. The molecule has 6 heteroatoms. The van der Waals surface area contributed by atoms with Crippen LogP contribution in [0.1, 0.15) is 44.9 Å². The molecule has 1 unspecified atom stereocenters. The first-order valence-electron chi connectivity index (χ1n) is 7.45. The number of aliphatic carboxylic acids is 1. The molecule has 0 bridgehead atoms. The SMILES string of the molecule is O=C(O)C(CO)NC(=O)N1CCC2(CCCCC2)CC1. The van der Waals surface area contributed by atoms with Gasteiger partial charge in [-0.15, -0.1) is 0 Å². The van der Waals surface area contributed by atoms with Crippen molar-refractivity contribution in [3.63, 3.8) is 0 Å². The van der Waals surface area contributed by atoms with E-state index in [2.05, 4.69) is 5.32 Å². The van der Waals surface area contributed by atoms with Crippen LogP contribution in [-0.4, -0.2) is 52.9 Å². The van der Waals surface area contributed by atoms with Gasteiger partial charge in [0.2, 0.25) is 0 Å². The Kier molecular flexibility index (Phi) is 4.86. The number of likely N-dealkylation sites (tertiary alicyclic amines) is 1. The van der Waals surface area contributed by atoms with Crippen molar-refractivity contribution < 1.29 is 19.8 Å². The second-order valence-corrected chi connectivity index (χ2v) is 6.07. The molecule has 1 saturated carbocycles. The number of aliphatic hydroxyl groups excluding tert-OH is 1. The van der Waals surface area contributed by atoms with Crippen molar-refractivity contribution in [2.75, 3.05) is 19.7 Å². The van der Waals surface area contributed by atoms with Gasteiger partial charge in [0, 0.05) is 13.1 Å². The van der Waals surface area contributed by atoms with E-state index in [0.717, 1.165) is 12.8 Å². The lowest BCUT2D eigenvalue weighted by molar-refractivity contribution is -0.140. The van der Waals surface area contributed by atoms with Crippen molar-refractivity contribution in [1.82, 2.24) is 10.2 Å². The molecule has 1 saturated heterocycles. The van der Waals surface area contributed by atoms with E-state index in [4.69, 9.17) is 10.2 Å². The van der Waals surface area contributed by atoms with E-state index < -0.39 is 18.6 Å². The summed E-state index contributed by atoms with van der Waals surface area (Å²) in [6, 6.07) is -1.59. The first-order chi connectivity index (χ1) is 9.56. The second-order valence-electron chi connectivity index (χ2n) is 6.07. The lowest BCUT2D eigenvalue weighted by Crippen LogP contribution is -2.52. The van der Waals surface area contributed by atoms with Crippen LogP contribution in [-0.2, 0) is 4.79 Å². The number of nitrogens with zero attached hydrogens (tertiary/aromatic N) is 1. The van der Waals surface area contributed by atoms with Crippen molar-refractivity contribution in [1.29, 1.82) is 0 Å². The molecule has 2 fully saturated rings. The summed E-state index contributed by atoms with van der Waals surface area (Å²) in [6.45, 7) is 0.784. The van der Waals surface area contributed by atoms with E-state index in [-0.39, 0.29) is 6.03 Å². The highest BCUT2D eigenvalue weighted by Crippen LogP contribution is 2.44. The normalized spacial score (nSPS) is 23.4. The van der Waals surface area contributed by atoms with Crippen molar-refractivity contribution in [2.24, 2.45) is 5.41 Å². The molecule has 0 radical (unpaired) electrons. The summed E-state index contributed by atoms with van der Waals surface area (Å²) in [7, 11) is 0. The number of rotatable bonds is 3. The van der Waals surface area contributed by atoms with Crippen LogP contribution in [0.5, 0.6) is 0 Å². The zero-order valence-electron chi connectivity index (χ0n) is 11.8. The average Bonchev–Trinajstić information content (AvgIpc) is 2.46. The van der Waals surface area contributed by atoms with Gasteiger partial charge in [-0.3, -0.25) is 0 Å². The summed E-state index contributed by atoms with van der Waals surface area (Å²) in [6.07, 6.45) is 8.45. The first-order valence-corrected chi connectivity index (χ1v) is 7.45. The molecule has 114 valence electrons. The Balaban J connectivity index is 1.83. The molecule has 1 atom stereocenters. The number of piperidine rings is 1. The summed E-state index contributed by atoms with van der Waals surface area (Å²) in [5.41, 5.74) is 0.415. The predicted molar refractivity (Wildman–Crippen MR) is 73.4 cm³/mol. The van der Waals surface area contributed by atoms with Gasteiger partial charge in [-0.1, -0.05) is 19.3 Å². The van der Waals surface area contributed by atoms with Crippen LogP contribution in [0.4, 0.5) is 4.79 Å². The molecule has 2 amide bonds. The van der Waals surface area contributed by atoms with Gasteiger partial charge in [0.1, 0.15) is 0 Å². The van der Waals surface area contributed by atoms with E-state index in [1.54, 1.807) is 4.90 Å². The van der Waals surface area contributed by atoms with E-state index in [1.807, 2.05) is 0 Å². The van der Waals surface area contributed by atoms with Gasteiger partial charge in [-0.25, -0.2) is 9.59 Å². The lowest BCUT2D eigenvalue weighted by Gasteiger charge is -2.44. The van der Waals surface area contributed by atoms with Crippen LogP contribution >= 0.6 is 0 Å². The summed E-state index contributed by atoms with van der Waals surface area (Å²) in [5.74, 6) is -1.21. The highest BCUT2D eigenvalue weighted by atomic mass is 16.4. The van der Waals surface area contributed by atoms with Crippen LogP contribution in [0.2, 0.25) is 0 Å². The third-order valence-electron chi connectivity index (χ3n) is 4.80. The van der Waals surface area contributed by atoms with Gasteiger partial charge in [0.25, 0.3) is 0 Å². The summed E-state index contributed by atoms with van der Waals surface area (Å²) in [5, 5.41) is 20.1. The van der Waals surface area contributed by atoms with Crippen LogP contribution in [0.15, 0.2) is 0 Å². The number of hydrogen-bond donors (Lipinski definition) is 3. The fourth-order valence-electron chi connectivity index (χ4n) is 3.41. The Morgan fingerprint density at radius 2 is 1.70 bits per heavy atom. The van der Waals surface area contributed by atoms with Gasteiger partial charge >= 0.3 is 12.0 Å². The lowest BCUT2D eigenvalue weighted by atomic mass is 9.68. The van der Waals surface area contributed by atoms with Crippen LogP contribution < -0.4 is 5.32 Å². The molecule has 0 aromatic carbocycles. The third-order valence-corrected chi connectivity index (χ3v) is 4.80. The Hall–Kier alpha value is -1.30. The molecule has 0 aromatic heterocycles. The van der Waals surface area contributed by atoms with Crippen molar-refractivity contribution >= 4 is 12.0 Å². The number of carbonyl (C=O) groups excluding carboxylic acids is 1. The molecule has 0 aromatic rings. The Bertz CT molecular complexity index is 356. The molecule has 1 aliphatic heterocycles.